The molecule has 1 N–H and O–H groups in total. The summed E-state index contributed by atoms with van der Waals surface area (Å²) in [4.78, 5) is 20.2. The van der Waals surface area contributed by atoms with Crippen molar-refractivity contribution in [3.63, 3.8) is 0 Å². The minimum Gasteiger partial charge on any atom is -0.355 e. The van der Waals surface area contributed by atoms with E-state index in [9.17, 15) is 18.0 Å². The van der Waals surface area contributed by atoms with Gasteiger partial charge in [0.25, 0.3) is 0 Å². The lowest BCUT2D eigenvalue weighted by Gasteiger charge is -2.44. The number of amides is 2. The maximum atomic E-state index is 13.1. The van der Waals surface area contributed by atoms with Crippen molar-refractivity contribution in [3.05, 3.63) is 51.1 Å². The number of hydrogen-bond acceptors (Lipinski definition) is 4. The van der Waals surface area contributed by atoms with Crippen molar-refractivity contribution >= 4 is 64.1 Å². The van der Waals surface area contributed by atoms with Crippen LogP contribution in [0, 0.1) is 0 Å². The molecule has 1 spiro atoms. The van der Waals surface area contributed by atoms with E-state index < -0.39 is 16.6 Å². The Hall–Kier alpha value is -1.55. The number of para-hydroxylation sites is 1. The molecule has 0 atom stereocenters. The fourth-order valence-corrected chi connectivity index (χ4v) is 6.22. The summed E-state index contributed by atoms with van der Waals surface area (Å²) < 4.78 is 38.7. The molecule has 0 radical (unpaired) electrons. The van der Waals surface area contributed by atoms with Crippen LogP contribution in [-0.4, -0.2) is 46.2 Å². The fourth-order valence-electron chi connectivity index (χ4n) is 3.99. The first-order valence-electron chi connectivity index (χ1n) is 9.75. The summed E-state index contributed by atoms with van der Waals surface area (Å²) in [6.07, 6.45) is -2.48. The smallest absolute Gasteiger partial charge is 0.355 e. The van der Waals surface area contributed by atoms with Crippen LogP contribution in [-0.2, 0) is 6.18 Å². The average molecular weight is 526 g/mol. The van der Waals surface area contributed by atoms with Crippen LogP contribution in [0.3, 0.4) is 0 Å². The van der Waals surface area contributed by atoms with Gasteiger partial charge in [-0.3, -0.25) is 0 Å². The number of anilines is 2. The molecule has 32 heavy (non-hydrogen) atoms. The molecule has 12 heteroatoms. The second kappa shape index (κ2) is 9.00. The number of carbonyl (C=O) groups is 1. The molecule has 0 unspecified atom stereocenters. The van der Waals surface area contributed by atoms with Crippen molar-refractivity contribution in [3.8, 4) is 0 Å². The molecule has 2 amide bonds. The number of nitrogens with one attached hydrogen (secondary N) is 1. The Morgan fingerprint density at radius 1 is 1.09 bits per heavy atom. The van der Waals surface area contributed by atoms with Gasteiger partial charge in [-0.25, -0.2) is 9.78 Å². The minimum atomic E-state index is -4.50. The SMILES string of the molecule is O=C(Nc1c(Cl)cccc1Cl)N1CCSC12CCN(c1ncc(C(F)(F)F)cc1Cl)CC2. The van der Waals surface area contributed by atoms with E-state index in [0.29, 0.717) is 54.0 Å². The second-order valence-corrected chi connectivity index (χ2v) is 10.2. The monoisotopic (exact) mass is 524 g/mol. The van der Waals surface area contributed by atoms with Crippen LogP contribution in [0.2, 0.25) is 15.1 Å². The lowest BCUT2D eigenvalue weighted by molar-refractivity contribution is -0.137. The third-order valence-corrected chi connectivity index (χ3v) is 8.07. The standard InChI is InChI=1S/C20H18Cl3F3N4OS/c21-13-2-1-3-14(22)16(13)28-18(31)30-8-9-32-19(30)4-6-29(7-5-19)17-15(23)10-12(11-27-17)20(24,25)26/h1-3,10-11H,4-9H2,(H,28,31). The van der Waals surface area contributed by atoms with Gasteiger partial charge in [0.2, 0.25) is 0 Å². The zero-order chi connectivity index (χ0) is 23.1. The molecular weight excluding hydrogens is 508 g/mol. The van der Waals surface area contributed by atoms with E-state index in [2.05, 4.69) is 10.3 Å². The number of nitrogens with zero attached hydrogens (tertiary/aromatic N) is 3. The predicted molar refractivity (Wildman–Crippen MR) is 123 cm³/mol. The van der Waals surface area contributed by atoms with Gasteiger partial charge in [-0.2, -0.15) is 13.2 Å². The molecular formula is C20H18Cl3F3N4OS. The van der Waals surface area contributed by atoms with E-state index in [4.69, 9.17) is 34.8 Å². The zero-order valence-electron chi connectivity index (χ0n) is 16.6. The van der Waals surface area contributed by atoms with Crippen LogP contribution in [0.25, 0.3) is 0 Å². The van der Waals surface area contributed by atoms with Gasteiger partial charge < -0.3 is 15.1 Å². The number of piperidine rings is 1. The summed E-state index contributed by atoms with van der Waals surface area (Å²) in [5.41, 5.74) is -0.516. The Labute approximate surface area is 202 Å². The van der Waals surface area contributed by atoms with Gasteiger partial charge in [0.05, 0.1) is 31.2 Å². The summed E-state index contributed by atoms with van der Waals surface area (Å²) in [6, 6.07) is 5.60. The van der Waals surface area contributed by atoms with Gasteiger partial charge in [0, 0.05) is 31.6 Å². The highest BCUT2D eigenvalue weighted by molar-refractivity contribution is 8.00. The van der Waals surface area contributed by atoms with Crippen LogP contribution in [0.4, 0.5) is 29.5 Å². The summed E-state index contributed by atoms with van der Waals surface area (Å²) >= 11 is 20.2. The molecule has 2 fully saturated rings. The molecule has 2 aromatic rings. The van der Waals surface area contributed by atoms with Crippen LogP contribution in [0.15, 0.2) is 30.5 Å². The molecule has 2 aliphatic rings. The van der Waals surface area contributed by atoms with Crippen LogP contribution < -0.4 is 10.2 Å². The molecule has 0 saturated carbocycles. The van der Waals surface area contributed by atoms with Crippen LogP contribution >= 0.6 is 46.6 Å². The minimum absolute atomic E-state index is 0.0437. The maximum absolute atomic E-state index is 13.1. The molecule has 1 aromatic carbocycles. The first-order chi connectivity index (χ1) is 15.1. The van der Waals surface area contributed by atoms with Gasteiger partial charge in [-0.15, -0.1) is 11.8 Å². The van der Waals surface area contributed by atoms with E-state index in [0.717, 1.165) is 18.0 Å². The highest BCUT2D eigenvalue weighted by atomic mass is 35.5. The number of carbonyl (C=O) groups excluding carboxylic acids is 1. The lowest BCUT2D eigenvalue weighted by atomic mass is 10.0. The van der Waals surface area contributed by atoms with E-state index in [1.54, 1.807) is 34.9 Å². The maximum Gasteiger partial charge on any atom is 0.417 e. The highest BCUT2D eigenvalue weighted by Gasteiger charge is 2.47. The quantitative estimate of drug-likeness (QED) is 0.478. The zero-order valence-corrected chi connectivity index (χ0v) is 19.6. The topological polar surface area (TPSA) is 48.5 Å². The molecule has 3 heterocycles. The van der Waals surface area contributed by atoms with Crippen molar-refractivity contribution in [1.29, 1.82) is 0 Å². The van der Waals surface area contributed by atoms with E-state index in [-0.39, 0.29) is 11.1 Å². The summed E-state index contributed by atoms with van der Waals surface area (Å²) in [6.45, 7) is 1.57. The number of rotatable bonds is 2. The third kappa shape index (κ3) is 4.58. The molecule has 1 aromatic heterocycles. The number of benzene rings is 1. The average Bonchev–Trinajstić information content (AvgIpc) is 3.14. The number of hydrogen-bond donors (Lipinski definition) is 1. The van der Waals surface area contributed by atoms with Crippen molar-refractivity contribution in [2.24, 2.45) is 0 Å². The molecule has 5 nitrogen and oxygen atoms in total. The predicted octanol–water partition coefficient (Wildman–Crippen LogP) is 6.64. The van der Waals surface area contributed by atoms with E-state index >= 15 is 0 Å². The number of aromatic nitrogens is 1. The third-order valence-electron chi connectivity index (χ3n) is 5.61. The first kappa shape index (κ1) is 23.6. The largest absolute Gasteiger partial charge is 0.417 e. The molecule has 172 valence electrons. The first-order valence-corrected chi connectivity index (χ1v) is 11.9. The summed E-state index contributed by atoms with van der Waals surface area (Å²) in [7, 11) is 0. The van der Waals surface area contributed by atoms with Gasteiger partial charge in [0.1, 0.15) is 5.82 Å². The Morgan fingerprint density at radius 3 is 2.34 bits per heavy atom. The lowest BCUT2D eigenvalue weighted by Crippen LogP contribution is -2.54. The summed E-state index contributed by atoms with van der Waals surface area (Å²) in [5.74, 6) is 1.10. The Bertz CT molecular complexity index is 1010. The fraction of sp³-hybridized carbons (Fsp3) is 0.400. The van der Waals surface area contributed by atoms with Crippen LogP contribution in [0.1, 0.15) is 18.4 Å². The number of thioether (sulfide) groups is 1. The highest BCUT2D eigenvalue weighted by Crippen LogP contribution is 2.45. The van der Waals surface area contributed by atoms with Crippen molar-refractivity contribution in [2.75, 3.05) is 35.6 Å². The molecule has 0 aliphatic carbocycles. The molecule has 2 aliphatic heterocycles. The van der Waals surface area contributed by atoms with Gasteiger partial charge >= 0.3 is 12.2 Å². The van der Waals surface area contributed by atoms with Gasteiger partial charge in [-0.05, 0) is 31.0 Å². The number of alkyl halides is 3. The second-order valence-electron chi connectivity index (χ2n) is 7.49. The van der Waals surface area contributed by atoms with Crippen molar-refractivity contribution in [1.82, 2.24) is 9.88 Å². The van der Waals surface area contributed by atoms with Crippen molar-refractivity contribution in [2.45, 2.75) is 23.9 Å². The molecule has 0 bridgehead atoms. The number of urea groups is 1. The Kier molecular flexibility index (Phi) is 6.64. The Balaban J connectivity index is 1.47. The van der Waals surface area contributed by atoms with Gasteiger partial charge in [-0.1, -0.05) is 40.9 Å². The van der Waals surface area contributed by atoms with Gasteiger partial charge in [0.15, 0.2) is 0 Å². The number of pyridine rings is 1. The van der Waals surface area contributed by atoms with Crippen molar-refractivity contribution < 1.29 is 18.0 Å². The van der Waals surface area contributed by atoms with E-state index in [1.807, 2.05) is 4.90 Å². The number of halogens is 6. The van der Waals surface area contributed by atoms with Crippen LogP contribution in [0.5, 0.6) is 0 Å². The molecule has 4 rings (SSSR count). The Morgan fingerprint density at radius 2 is 1.75 bits per heavy atom. The molecule has 2 saturated heterocycles. The summed E-state index contributed by atoms with van der Waals surface area (Å²) in [5, 5.41) is 3.48. The van der Waals surface area contributed by atoms with E-state index in [1.165, 1.54) is 0 Å². The normalized spacial score (nSPS) is 18.3.